The van der Waals surface area contributed by atoms with Gasteiger partial charge in [0, 0.05) is 37.4 Å². The quantitative estimate of drug-likeness (QED) is 0.436. The summed E-state index contributed by atoms with van der Waals surface area (Å²) in [4.78, 5) is 15.2. The van der Waals surface area contributed by atoms with Gasteiger partial charge < -0.3 is 24.4 Å². The fraction of sp³-hybridized carbons (Fsp3) is 0.192. The number of anilines is 3. The number of pyridine rings is 1. The molecule has 8 heteroatoms. The second kappa shape index (κ2) is 12.2. The van der Waals surface area contributed by atoms with Gasteiger partial charge in [-0.2, -0.15) is 0 Å². The lowest BCUT2D eigenvalue weighted by atomic mass is 10.3. The van der Waals surface area contributed by atoms with Crippen LogP contribution in [-0.2, 0) is 4.74 Å². The normalized spacial score (nSPS) is 12.8. The maximum Gasteiger partial charge on any atom is 0.263 e. The zero-order chi connectivity index (χ0) is 23.4. The van der Waals surface area contributed by atoms with Gasteiger partial charge in [0.25, 0.3) is 5.88 Å². The number of hydrogen-bond acceptors (Lipinski definition) is 8. The molecule has 5 rings (SSSR count). The summed E-state index contributed by atoms with van der Waals surface area (Å²) in [6, 6.07) is 23.1. The van der Waals surface area contributed by atoms with E-state index in [4.69, 9.17) is 14.2 Å². The number of para-hydroxylation sites is 1. The zero-order valence-corrected chi connectivity index (χ0v) is 19.0. The standard InChI is InChI=1S/C19H19N5O2.C7H8O/c1-2-8-20-17(3-1)23-15-4-6-16(7-5-15)26-19-18(21-9-10-22-19)24-11-13-25-14-12-24;1-8-7-5-3-2-4-6-7/h1-10H,11-14H2,(H,20,23);2-6H,1H3. The molecule has 0 unspecified atom stereocenters. The van der Waals surface area contributed by atoms with Crippen LogP contribution in [0.25, 0.3) is 0 Å². The second-order valence-corrected chi connectivity index (χ2v) is 7.27. The lowest BCUT2D eigenvalue weighted by molar-refractivity contribution is 0.122. The van der Waals surface area contributed by atoms with E-state index in [0.29, 0.717) is 24.8 Å². The Hall–Kier alpha value is -4.17. The minimum Gasteiger partial charge on any atom is -0.497 e. The molecule has 4 aromatic rings. The smallest absolute Gasteiger partial charge is 0.263 e. The molecule has 34 heavy (non-hydrogen) atoms. The third kappa shape index (κ3) is 6.66. The number of methoxy groups -OCH3 is 1. The number of rotatable bonds is 6. The zero-order valence-electron chi connectivity index (χ0n) is 19.0. The molecule has 0 spiro atoms. The maximum atomic E-state index is 5.97. The fourth-order valence-electron chi connectivity index (χ4n) is 3.24. The SMILES string of the molecule is COc1ccccc1.c1ccc(Nc2ccc(Oc3nccnc3N3CCOCC3)cc2)nc1. The monoisotopic (exact) mass is 457 g/mol. The summed E-state index contributed by atoms with van der Waals surface area (Å²) >= 11 is 0. The van der Waals surface area contributed by atoms with Crippen LogP contribution in [0.3, 0.4) is 0 Å². The molecule has 174 valence electrons. The molecule has 1 saturated heterocycles. The average molecular weight is 458 g/mol. The lowest BCUT2D eigenvalue weighted by Crippen LogP contribution is -2.37. The molecule has 3 heterocycles. The third-order valence-corrected chi connectivity index (χ3v) is 4.94. The molecule has 2 aromatic carbocycles. The summed E-state index contributed by atoms with van der Waals surface area (Å²) in [6.45, 7) is 2.93. The van der Waals surface area contributed by atoms with Crippen LogP contribution in [0.15, 0.2) is 91.4 Å². The largest absolute Gasteiger partial charge is 0.497 e. The van der Waals surface area contributed by atoms with E-state index in [9.17, 15) is 0 Å². The first-order valence-corrected chi connectivity index (χ1v) is 11.0. The van der Waals surface area contributed by atoms with Crippen molar-refractivity contribution in [2.24, 2.45) is 0 Å². The molecular weight excluding hydrogens is 430 g/mol. The molecule has 1 aliphatic rings. The van der Waals surface area contributed by atoms with Gasteiger partial charge >= 0.3 is 0 Å². The van der Waals surface area contributed by atoms with Gasteiger partial charge in [0.05, 0.1) is 20.3 Å². The van der Waals surface area contributed by atoms with E-state index in [-0.39, 0.29) is 0 Å². The lowest BCUT2D eigenvalue weighted by Gasteiger charge is -2.28. The Morgan fingerprint density at radius 1 is 0.765 bits per heavy atom. The average Bonchev–Trinajstić information content (AvgIpc) is 2.92. The Morgan fingerprint density at radius 3 is 2.18 bits per heavy atom. The number of aromatic nitrogens is 3. The van der Waals surface area contributed by atoms with Gasteiger partial charge in [-0.15, -0.1) is 0 Å². The van der Waals surface area contributed by atoms with Gasteiger partial charge in [-0.25, -0.2) is 15.0 Å². The number of nitrogens with one attached hydrogen (secondary N) is 1. The molecule has 0 atom stereocenters. The van der Waals surface area contributed by atoms with Crippen molar-refractivity contribution in [1.29, 1.82) is 0 Å². The minimum absolute atomic E-state index is 0.500. The predicted molar refractivity (Wildman–Crippen MR) is 132 cm³/mol. The van der Waals surface area contributed by atoms with Crippen molar-refractivity contribution in [1.82, 2.24) is 15.0 Å². The summed E-state index contributed by atoms with van der Waals surface area (Å²) in [5.74, 6) is 3.65. The van der Waals surface area contributed by atoms with E-state index in [1.165, 1.54) is 0 Å². The van der Waals surface area contributed by atoms with Crippen molar-refractivity contribution in [2.45, 2.75) is 0 Å². The summed E-state index contributed by atoms with van der Waals surface area (Å²) < 4.78 is 16.3. The van der Waals surface area contributed by atoms with Crippen LogP contribution in [0.5, 0.6) is 17.4 Å². The van der Waals surface area contributed by atoms with Crippen LogP contribution in [0, 0.1) is 0 Å². The van der Waals surface area contributed by atoms with E-state index < -0.39 is 0 Å². The molecule has 8 nitrogen and oxygen atoms in total. The summed E-state index contributed by atoms with van der Waals surface area (Å²) in [5, 5.41) is 3.24. The molecule has 1 aliphatic heterocycles. The molecule has 0 bridgehead atoms. The van der Waals surface area contributed by atoms with Gasteiger partial charge in [-0.05, 0) is 48.5 Å². The Balaban J connectivity index is 0.000000291. The van der Waals surface area contributed by atoms with Crippen molar-refractivity contribution < 1.29 is 14.2 Å². The van der Waals surface area contributed by atoms with Crippen molar-refractivity contribution >= 4 is 17.3 Å². The first-order valence-electron chi connectivity index (χ1n) is 11.0. The van der Waals surface area contributed by atoms with E-state index in [2.05, 4.69) is 25.2 Å². The van der Waals surface area contributed by atoms with E-state index in [1.807, 2.05) is 72.8 Å². The molecular formula is C26H27N5O3. The van der Waals surface area contributed by atoms with Crippen LogP contribution >= 0.6 is 0 Å². The van der Waals surface area contributed by atoms with E-state index >= 15 is 0 Å². The van der Waals surface area contributed by atoms with Crippen LogP contribution in [0.2, 0.25) is 0 Å². The van der Waals surface area contributed by atoms with Crippen LogP contribution < -0.4 is 19.7 Å². The predicted octanol–water partition coefficient (Wildman–Crippen LogP) is 4.94. The minimum atomic E-state index is 0.500. The third-order valence-electron chi connectivity index (χ3n) is 4.94. The van der Waals surface area contributed by atoms with Crippen molar-refractivity contribution in [3.05, 3.63) is 91.4 Å². The number of morpholine rings is 1. The molecule has 0 saturated carbocycles. The van der Waals surface area contributed by atoms with Gasteiger partial charge in [0.15, 0.2) is 5.82 Å². The molecule has 1 N–H and O–H groups in total. The Kier molecular flexibility index (Phi) is 8.24. The van der Waals surface area contributed by atoms with Crippen molar-refractivity contribution in [2.75, 3.05) is 43.6 Å². The summed E-state index contributed by atoms with van der Waals surface area (Å²) in [5.41, 5.74) is 0.934. The summed E-state index contributed by atoms with van der Waals surface area (Å²) in [6.07, 6.45) is 5.06. The van der Waals surface area contributed by atoms with Crippen molar-refractivity contribution in [3.63, 3.8) is 0 Å². The Labute approximate surface area is 199 Å². The number of hydrogen-bond donors (Lipinski definition) is 1. The van der Waals surface area contributed by atoms with E-state index in [1.54, 1.807) is 25.7 Å². The highest BCUT2D eigenvalue weighted by atomic mass is 16.5. The maximum absolute atomic E-state index is 5.97. The molecule has 2 aromatic heterocycles. The van der Waals surface area contributed by atoms with Crippen molar-refractivity contribution in [3.8, 4) is 17.4 Å². The second-order valence-electron chi connectivity index (χ2n) is 7.27. The van der Waals surface area contributed by atoms with Gasteiger partial charge in [-0.3, -0.25) is 0 Å². The Morgan fingerprint density at radius 2 is 1.50 bits per heavy atom. The number of benzene rings is 2. The summed E-state index contributed by atoms with van der Waals surface area (Å²) in [7, 11) is 1.66. The molecule has 0 amide bonds. The highest BCUT2D eigenvalue weighted by Gasteiger charge is 2.18. The van der Waals surface area contributed by atoms with Crippen LogP contribution in [0.1, 0.15) is 0 Å². The molecule has 1 fully saturated rings. The van der Waals surface area contributed by atoms with Gasteiger partial charge in [-0.1, -0.05) is 24.3 Å². The Bertz CT molecular complexity index is 1120. The van der Waals surface area contributed by atoms with Gasteiger partial charge in [0.1, 0.15) is 17.3 Å². The molecule has 0 radical (unpaired) electrons. The fourth-order valence-corrected chi connectivity index (χ4v) is 3.24. The first kappa shape index (κ1) is 23.0. The van der Waals surface area contributed by atoms with Crippen LogP contribution in [-0.4, -0.2) is 48.4 Å². The highest BCUT2D eigenvalue weighted by molar-refractivity contribution is 5.57. The van der Waals surface area contributed by atoms with Gasteiger partial charge in [0.2, 0.25) is 0 Å². The van der Waals surface area contributed by atoms with E-state index in [0.717, 1.165) is 36.2 Å². The highest BCUT2D eigenvalue weighted by Crippen LogP contribution is 2.29. The van der Waals surface area contributed by atoms with Crippen LogP contribution in [0.4, 0.5) is 17.3 Å². The number of ether oxygens (including phenoxy) is 3. The topological polar surface area (TPSA) is 81.6 Å². The first-order chi connectivity index (χ1) is 16.8. The number of nitrogens with zero attached hydrogens (tertiary/aromatic N) is 4. The molecule has 0 aliphatic carbocycles.